The summed E-state index contributed by atoms with van der Waals surface area (Å²) in [6.45, 7) is 2.27. The van der Waals surface area contributed by atoms with Crippen molar-refractivity contribution in [3.63, 3.8) is 0 Å². The fourth-order valence-electron chi connectivity index (χ4n) is 2.85. The van der Waals surface area contributed by atoms with Gasteiger partial charge < -0.3 is 4.79 Å². The fourth-order valence-corrected chi connectivity index (χ4v) is 3.04. The van der Waals surface area contributed by atoms with Crippen molar-refractivity contribution in [2.24, 2.45) is 5.92 Å². The molecule has 0 aliphatic carbocycles. The van der Waals surface area contributed by atoms with Gasteiger partial charge in [-0.3, -0.25) is 0 Å². The number of hydrogen-bond acceptors (Lipinski definition) is 1. The minimum absolute atomic E-state index is 0.311. The van der Waals surface area contributed by atoms with Crippen molar-refractivity contribution in [3.8, 4) is 0 Å². The highest BCUT2D eigenvalue weighted by Crippen LogP contribution is 2.17. The molecule has 0 saturated heterocycles. The van der Waals surface area contributed by atoms with E-state index in [0.717, 1.165) is 25.1 Å². The number of halogens is 1. The van der Waals surface area contributed by atoms with Crippen LogP contribution in [0.1, 0.15) is 103 Å². The number of hydrogen-bond donors (Lipinski definition) is 0. The van der Waals surface area contributed by atoms with Crippen LogP contribution in [0.4, 0.5) is 0 Å². The zero-order chi connectivity index (χ0) is 15.6. The molecule has 0 aromatic heterocycles. The maximum Gasteiger partial charge on any atom is 0.123 e. The summed E-state index contributed by atoms with van der Waals surface area (Å²) in [5.74, 6) is 1.08. The lowest BCUT2D eigenvalue weighted by atomic mass is 9.95. The van der Waals surface area contributed by atoms with Crippen molar-refractivity contribution >= 4 is 17.9 Å². The van der Waals surface area contributed by atoms with Gasteiger partial charge in [0.2, 0.25) is 0 Å². The molecule has 0 aromatic rings. The molecule has 1 atom stereocenters. The number of carbonyl (C=O) groups is 1. The summed E-state index contributed by atoms with van der Waals surface area (Å²) in [6, 6.07) is 0. The molecule has 0 bridgehead atoms. The normalized spacial score (nSPS) is 12.5. The van der Waals surface area contributed by atoms with E-state index in [-0.39, 0.29) is 0 Å². The first-order valence-electron chi connectivity index (χ1n) is 9.36. The third-order valence-electron chi connectivity index (χ3n) is 4.33. The predicted octanol–water partition coefficient (Wildman–Crippen LogP) is 6.91. The summed E-state index contributed by atoms with van der Waals surface area (Å²) < 4.78 is 0. The van der Waals surface area contributed by atoms with Crippen LogP contribution in [0.3, 0.4) is 0 Å². The highest BCUT2D eigenvalue weighted by molar-refractivity contribution is 6.17. The van der Waals surface area contributed by atoms with E-state index in [4.69, 9.17) is 11.6 Å². The Bertz CT molecular complexity index is 206. The topological polar surface area (TPSA) is 17.1 Å². The molecule has 0 fully saturated rings. The number of rotatable bonds is 17. The van der Waals surface area contributed by atoms with Crippen LogP contribution in [0, 0.1) is 5.92 Å². The summed E-state index contributed by atoms with van der Waals surface area (Å²) in [5.41, 5.74) is 0. The van der Waals surface area contributed by atoms with E-state index < -0.39 is 0 Å². The molecule has 21 heavy (non-hydrogen) atoms. The largest absolute Gasteiger partial charge is 0.303 e. The monoisotopic (exact) mass is 316 g/mol. The fraction of sp³-hybridized carbons (Fsp3) is 0.947. The first-order valence-corrected chi connectivity index (χ1v) is 9.89. The van der Waals surface area contributed by atoms with Crippen molar-refractivity contribution < 1.29 is 4.79 Å². The van der Waals surface area contributed by atoms with Crippen molar-refractivity contribution in [1.29, 1.82) is 0 Å². The SMILES string of the molecule is CCCCCCCCCCCC(C=O)CCCCCCCl. The minimum Gasteiger partial charge on any atom is -0.303 e. The molecule has 0 aromatic carbocycles. The molecule has 0 heterocycles. The first-order chi connectivity index (χ1) is 10.3. The quantitative estimate of drug-likeness (QED) is 0.162. The van der Waals surface area contributed by atoms with Gasteiger partial charge in [0.1, 0.15) is 6.29 Å². The zero-order valence-electron chi connectivity index (χ0n) is 14.3. The first kappa shape index (κ1) is 21.0. The Balaban J connectivity index is 3.28. The highest BCUT2D eigenvalue weighted by atomic mass is 35.5. The Hall–Kier alpha value is -0.0400. The van der Waals surface area contributed by atoms with Crippen molar-refractivity contribution in [2.75, 3.05) is 5.88 Å². The summed E-state index contributed by atoms with van der Waals surface area (Å²) in [7, 11) is 0. The molecule has 2 heteroatoms. The molecule has 126 valence electrons. The van der Waals surface area contributed by atoms with Gasteiger partial charge in [0.25, 0.3) is 0 Å². The van der Waals surface area contributed by atoms with Crippen molar-refractivity contribution in [1.82, 2.24) is 0 Å². The second-order valence-corrected chi connectivity index (χ2v) is 6.78. The lowest BCUT2D eigenvalue weighted by Gasteiger charge is -2.09. The van der Waals surface area contributed by atoms with Gasteiger partial charge in [-0.2, -0.15) is 0 Å². The molecule has 0 saturated carbocycles. The highest BCUT2D eigenvalue weighted by Gasteiger charge is 2.06. The van der Waals surface area contributed by atoms with Crippen LogP contribution in [0.5, 0.6) is 0 Å². The van der Waals surface area contributed by atoms with Gasteiger partial charge in [0.15, 0.2) is 0 Å². The van der Waals surface area contributed by atoms with E-state index in [2.05, 4.69) is 6.92 Å². The lowest BCUT2D eigenvalue weighted by Crippen LogP contribution is -2.02. The van der Waals surface area contributed by atoms with Crippen LogP contribution in [0.15, 0.2) is 0 Å². The molecule has 1 unspecified atom stereocenters. The van der Waals surface area contributed by atoms with Gasteiger partial charge in [0.05, 0.1) is 0 Å². The van der Waals surface area contributed by atoms with Crippen molar-refractivity contribution in [2.45, 2.75) is 103 Å². The summed E-state index contributed by atoms with van der Waals surface area (Å²) in [6.07, 6.45) is 20.4. The second kappa shape index (κ2) is 18.0. The van der Waals surface area contributed by atoms with Gasteiger partial charge in [-0.25, -0.2) is 0 Å². The van der Waals surface area contributed by atoms with Gasteiger partial charge in [0, 0.05) is 11.8 Å². The molecule has 0 N–H and O–H groups in total. The third kappa shape index (κ3) is 16.2. The second-order valence-electron chi connectivity index (χ2n) is 6.41. The molecule has 0 radical (unpaired) electrons. The Kier molecular flexibility index (Phi) is 18.0. The molecule has 1 nitrogen and oxygen atoms in total. The summed E-state index contributed by atoms with van der Waals surface area (Å²) >= 11 is 5.66. The smallest absolute Gasteiger partial charge is 0.123 e. The van der Waals surface area contributed by atoms with Crippen LogP contribution in [-0.2, 0) is 4.79 Å². The maximum atomic E-state index is 11.1. The van der Waals surface area contributed by atoms with Gasteiger partial charge in [-0.15, -0.1) is 11.6 Å². The van der Waals surface area contributed by atoms with Crippen LogP contribution >= 0.6 is 11.6 Å². The Morgan fingerprint density at radius 1 is 0.714 bits per heavy atom. The van der Waals surface area contributed by atoms with Gasteiger partial charge in [-0.05, 0) is 19.3 Å². The van der Waals surface area contributed by atoms with E-state index in [0.29, 0.717) is 5.92 Å². The molecule has 0 rings (SSSR count). The lowest BCUT2D eigenvalue weighted by molar-refractivity contribution is -0.111. The molecule has 0 amide bonds. The number of alkyl halides is 1. The zero-order valence-corrected chi connectivity index (χ0v) is 15.0. The van der Waals surface area contributed by atoms with E-state index in [1.165, 1.54) is 83.3 Å². The molecule has 0 aliphatic heterocycles. The van der Waals surface area contributed by atoms with Crippen LogP contribution in [0.25, 0.3) is 0 Å². The van der Waals surface area contributed by atoms with E-state index in [9.17, 15) is 4.79 Å². The average Bonchev–Trinajstić information content (AvgIpc) is 2.51. The van der Waals surface area contributed by atoms with Crippen LogP contribution < -0.4 is 0 Å². The predicted molar refractivity (Wildman–Crippen MR) is 95.2 cm³/mol. The van der Waals surface area contributed by atoms with Gasteiger partial charge >= 0.3 is 0 Å². The standard InChI is InChI=1S/C19H37ClO/c1-2-3-4-5-6-7-8-9-12-15-19(18-21)16-13-10-11-14-17-20/h18-19H,2-17H2,1H3. The van der Waals surface area contributed by atoms with Gasteiger partial charge in [-0.1, -0.05) is 84.0 Å². The third-order valence-corrected chi connectivity index (χ3v) is 4.60. The minimum atomic E-state index is 0.311. The molecule has 0 spiro atoms. The van der Waals surface area contributed by atoms with Crippen molar-refractivity contribution in [3.05, 3.63) is 0 Å². The van der Waals surface area contributed by atoms with E-state index in [1.54, 1.807) is 0 Å². The average molecular weight is 317 g/mol. The Labute approximate surface area is 138 Å². The number of carbonyl (C=O) groups excluding carboxylic acids is 1. The van der Waals surface area contributed by atoms with E-state index >= 15 is 0 Å². The summed E-state index contributed by atoms with van der Waals surface area (Å²) in [4.78, 5) is 11.1. The van der Waals surface area contributed by atoms with E-state index in [1.807, 2.05) is 0 Å². The number of unbranched alkanes of at least 4 members (excludes halogenated alkanes) is 11. The Morgan fingerprint density at radius 3 is 1.57 bits per heavy atom. The Morgan fingerprint density at radius 2 is 1.14 bits per heavy atom. The van der Waals surface area contributed by atoms with Crippen LogP contribution in [-0.4, -0.2) is 12.2 Å². The summed E-state index contributed by atoms with van der Waals surface area (Å²) in [5, 5.41) is 0. The molecular weight excluding hydrogens is 280 g/mol. The maximum absolute atomic E-state index is 11.1. The number of aldehydes is 1. The molecule has 0 aliphatic rings. The molecular formula is C19H37ClO. The van der Waals surface area contributed by atoms with Crippen LogP contribution in [0.2, 0.25) is 0 Å².